The largest absolute Gasteiger partial charge is 0.337 e. The molecule has 1 aromatic heterocycles. The number of aryl methyl sites for hydroxylation is 1. The highest BCUT2D eigenvalue weighted by molar-refractivity contribution is 5.76. The fraction of sp³-hybridized carbons (Fsp3) is 0.474. The predicted molar refractivity (Wildman–Crippen MR) is 94.4 cm³/mol. The SMILES string of the molecule is C[C@@H]1CN(Cc2ccccc2)CCN1C(=O)CCCn1cccn1. The molecule has 0 unspecified atom stereocenters. The van der Waals surface area contributed by atoms with Crippen LogP contribution in [0.4, 0.5) is 0 Å². The van der Waals surface area contributed by atoms with Gasteiger partial charge in [-0.3, -0.25) is 14.4 Å². The van der Waals surface area contributed by atoms with Crippen molar-refractivity contribution in [2.24, 2.45) is 0 Å². The smallest absolute Gasteiger partial charge is 0.222 e. The van der Waals surface area contributed by atoms with Gasteiger partial charge in [-0.05, 0) is 25.0 Å². The third-order valence-corrected chi connectivity index (χ3v) is 4.62. The zero-order valence-corrected chi connectivity index (χ0v) is 14.3. The predicted octanol–water partition coefficient (Wildman–Crippen LogP) is 2.40. The van der Waals surface area contributed by atoms with E-state index in [2.05, 4.69) is 41.2 Å². The molecule has 0 radical (unpaired) electrons. The van der Waals surface area contributed by atoms with Crippen LogP contribution in [-0.2, 0) is 17.9 Å². The topological polar surface area (TPSA) is 41.4 Å². The summed E-state index contributed by atoms with van der Waals surface area (Å²) >= 11 is 0. The molecule has 3 rings (SSSR count). The highest BCUT2D eigenvalue weighted by Crippen LogP contribution is 2.14. The van der Waals surface area contributed by atoms with Crippen LogP contribution < -0.4 is 0 Å². The van der Waals surface area contributed by atoms with E-state index >= 15 is 0 Å². The lowest BCUT2D eigenvalue weighted by Crippen LogP contribution is -2.53. The van der Waals surface area contributed by atoms with Crippen molar-refractivity contribution in [2.45, 2.75) is 38.9 Å². The minimum absolute atomic E-state index is 0.272. The second-order valence-electron chi connectivity index (χ2n) is 6.53. The summed E-state index contributed by atoms with van der Waals surface area (Å²) in [4.78, 5) is 17.0. The van der Waals surface area contributed by atoms with E-state index in [4.69, 9.17) is 0 Å². The second kappa shape index (κ2) is 8.11. The number of hydrogen-bond donors (Lipinski definition) is 0. The lowest BCUT2D eigenvalue weighted by Gasteiger charge is -2.40. The minimum Gasteiger partial charge on any atom is -0.337 e. The third-order valence-electron chi connectivity index (χ3n) is 4.62. The Balaban J connectivity index is 1.43. The molecule has 0 saturated carbocycles. The molecule has 1 aromatic carbocycles. The molecule has 2 aromatic rings. The summed E-state index contributed by atoms with van der Waals surface area (Å²) < 4.78 is 1.88. The van der Waals surface area contributed by atoms with Gasteiger partial charge in [0.1, 0.15) is 0 Å². The zero-order chi connectivity index (χ0) is 16.8. The van der Waals surface area contributed by atoms with E-state index in [1.807, 2.05) is 27.9 Å². The third kappa shape index (κ3) is 4.45. The lowest BCUT2D eigenvalue weighted by atomic mass is 10.1. The summed E-state index contributed by atoms with van der Waals surface area (Å²) in [6.07, 6.45) is 5.16. The molecule has 0 bridgehead atoms. The standard InChI is InChI=1S/C19H26N4O/c1-17-15-21(16-18-7-3-2-4-8-18)13-14-23(17)19(24)9-5-11-22-12-6-10-20-22/h2-4,6-8,10,12,17H,5,9,11,13-16H2,1H3/t17-/m1/s1. The summed E-state index contributed by atoms with van der Waals surface area (Å²) in [6, 6.07) is 12.7. The Kier molecular flexibility index (Phi) is 5.64. The average Bonchev–Trinajstić information content (AvgIpc) is 3.09. The number of benzene rings is 1. The maximum absolute atomic E-state index is 12.5. The minimum atomic E-state index is 0.272. The van der Waals surface area contributed by atoms with Gasteiger partial charge in [-0.15, -0.1) is 0 Å². The molecule has 1 aliphatic rings. The van der Waals surface area contributed by atoms with E-state index < -0.39 is 0 Å². The summed E-state index contributed by atoms with van der Waals surface area (Å²) in [5.41, 5.74) is 1.34. The van der Waals surface area contributed by atoms with Gasteiger partial charge in [0.15, 0.2) is 0 Å². The summed E-state index contributed by atoms with van der Waals surface area (Å²) in [5, 5.41) is 4.18. The van der Waals surface area contributed by atoms with Crippen LogP contribution in [0.15, 0.2) is 48.8 Å². The number of carbonyl (C=O) groups excluding carboxylic acids is 1. The molecule has 2 heterocycles. The van der Waals surface area contributed by atoms with Gasteiger partial charge in [0, 0.05) is 57.6 Å². The van der Waals surface area contributed by atoms with Crippen LogP contribution in [0.2, 0.25) is 0 Å². The number of rotatable bonds is 6. The van der Waals surface area contributed by atoms with Crippen LogP contribution in [-0.4, -0.2) is 51.2 Å². The summed E-state index contributed by atoms with van der Waals surface area (Å²) in [6.45, 7) is 6.65. The first-order valence-corrected chi connectivity index (χ1v) is 8.75. The number of hydrogen-bond acceptors (Lipinski definition) is 3. The van der Waals surface area contributed by atoms with E-state index in [-0.39, 0.29) is 11.9 Å². The van der Waals surface area contributed by atoms with E-state index in [0.717, 1.165) is 39.1 Å². The molecule has 1 amide bonds. The summed E-state index contributed by atoms with van der Waals surface area (Å²) in [7, 11) is 0. The highest BCUT2D eigenvalue weighted by atomic mass is 16.2. The Labute approximate surface area is 143 Å². The maximum Gasteiger partial charge on any atom is 0.222 e. The number of nitrogens with zero attached hydrogens (tertiary/aromatic N) is 4. The first kappa shape index (κ1) is 16.7. The van der Waals surface area contributed by atoms with Crippen LogP contribution in [0, 0.1) is 0 Å². The average molecular weight is 326 g/mol. The van der Waals surface area contributed by atoms with Crippen molar-refractivity contribution in [1.82, 2.24) is 19.6 Å². The quantitative estimate of drug-likeness (QED) is 0.818. The van der Waals surface area contributed by atoms with Crippen LogP contribution >= 0.6 is 0 Å². The molecule has 5 nitrogen and oxygen atoms in total. The Bertz CT molecular complexity index is 626. The van der Waals surface area contributed by atoms with E-state index in [9.17, 15) is 4.79 Å². The van der Waals surface area contributed by atoms with E-state index in [0.29, 0.717) is 6.42 Å². The van der Waals surface area contributed by atoms with Gasteiger partial charge >= 0.3 is 0 Å². The number of carbonyl (C=O) groups is 1. The first-order valence-electron chi connectivity index (χ1n) is 8.75. The molecule has 0 spiro atoms. The Hall–Kier alpha value is -2.14. The monoisotopic (exact) mass is 326 g/mol. The van der Waals surface area contributed by atoms with Gasteiger partial charge in [0.25, 0.3) is 0 Å². The van der Waals surface area contributed by atoms with Crippen molar-refractivity contribution in [2.75, 3.05) is 19.6 Å². The molecule has 0 N–H and O–H groups in total. The summed E-state index contributed by atoms with van der Waals surface area (Å²) in [5.74, 6) is 0.272. The Morgan fingerprint density at radius 3 is 2.75 bits per heavy atom. The van der Waals surface area contributed by atoms with Crippen molar-refractivity contribution >= 4 is 5.91 Å². The molecule has 1 saturated heterocycles. The molecule has 1 atom stereocenters. The molecule has 1 fully saturated rings. The van der Waals surface area contributed by atoms with Gasteiger partial charge in [0.2, 0.25) is 5.91 Å². The lowest BCUT2D eigenvalue weighted by molar-refractivity contribution is -0.135. The van der Waals surface area contributed by atoms with Crippen LogP contribution in [0.3, 0.4) is 0 Å². The first-order chi connectivity index (χ1) is 11.7. The van der Waals surface area contributed by atoms with Crippen molar-refractivity contribution in [3.8, 4) is 0 Å². The number of aromatic nitrogens is 2. The molecule has 128 valence electrons. The number of amides is 1. The van der Waals surface area contributed by atoms with Crippen molar-refractivity contribution in [1.29, 1.82) is 0 Å². The fourth-order valence-corrected chi connectivity index (χ4v) is 3.36. The van der Waals surface area contributed by atoms with E-state index in [1.165, 1.54) is 5.56 Å². The van der Waals surface area contributed by atoms with E-state index in [1.54, 1.807) is 6.20 Å². The van der Waals surface area contributed by atoms with Gasteiger partial charge in [-0.2, -0.15) is 5.10 Å². The van der Waals surface area contributed by atoms with Crippen LogP contribution in [0.25, 0.3) is 0 Å². The molecule has 1 aliphatic heterocycles. The van der Waals surface area contributed by atoms with Crippen molar-refractivity contribution in [3.63, 3.8) is 0 Å². The van der Waals surface area contributed by atoms with Gasteiger partial charge in [-0.25, -0.2) is 0 Å². The van der Waals surface area contributed by atoms with Crippen LogP contribution in [0.1, 0.15) is 25.3 Å². The van der Waals surface area contributed by atoms with Crippen molar-refractivity contribution < 1.29 is 4.79 Å². The van der Waals surface area contributed by atoms with Gasteiger partial charge in [0.05, 0.1) is 0 Å². The fourth-order valence-electron chi connectivity index (χ4n) is 3.36. The highest BCUT2D eigenvalue weighted by Gasteiger charge is 2.26. The van der Waals surface area contributed by atoms with Crippen molar-refractivity contribution in [3.05, 3.63) is 54.4 Å². The molecule has 5 heteroatoms. The van der Waals surface area contributed by atoms with Gasteiger partial charge in [-0.1, -0.05) is 30.3 Å². The molecule has 24 heavy (non-hydrogen) atoms. The zero-order valence-electron chi connectivity index (χ0n) is 14.3. The molecule has 0 aliphatic carbocycles. The molecular weight excluding hydrogens is 300 g/mol. The second-order valence-corrected chi connectivity index (χ2v) is 6.53. The molecular formula is C19H26N4O. The number of piperazine rings is 1. The maximum atomic E-state index is 12.5. The van der Waals surface area contributed by atoms with Gasteiger partial charge < -0.3 is 4.90 Å². The Morgan fingerprint density at radius 2 is 2.04 bits per heavy atom. The normalized spacial score (nSPS) is 18.7. The Morgan fingerprint density at radius 1 is 1.21 bits per heavy atom. The van der Waals surface area contributed by atoms with Crippen LogP contribution in [0.5, 0.6) is 0 Å².